The van der Waals surface area contributed by atoms with E-state index in [0.717, 1.165) is 25.8 Å². The van der Waals surface area contributed by atoms with Gasteiger partial charge in [0, 0.05) is 18.3 Å². The molecule has 1 N–H and O–H groups in total. The first kappa shape index (κ1) is 15.8. The van der Waals surface area contributed by atoms with E-state index in [-0.39, 0.29) is 11.8 Å². The molecule has 2 unspecified atom stereocenters. The van der Waals surface area contributed by atoms with Gasteiger partial charge in [-0.25, -0.2) is 0 Å². The zero-order chi connectivity index (χ0) is 12.6. The van der Waals surface area contributed by atoms with E-state index in [4.69, 9.17) is 11.6 Å². The Morgan fingerprint density at radius 3 is 2.31 bits per heavy atom. The van der Waals surface area contributed by atoms with Crippen molar-refractivity contribution in [2.24, 2.45) is 17.8 Å². The monoisotopic (exact) mass is 247 g/mol. The molecule has 0 aromatic carbocycles. The molecular weight excluding hydrogens is 222 g/mol. The summed E-state index contributed by atoms with van der Waals surface area (Å²) in [6.45, 7) is 9.08. The molecule has 0 aromatic heterocycles. The van der Waals surface area contributed by atoms with Crippen molar-refractivity contribution in [1.82, 2.24) is 5.32 Å². The second-order valence-electron chi connectivity index (χ2n) is 4.91. The summed E-state index contributed by atoms with van der Waals surface area (Å²) in [5, 5.41) is 3.04. The summed E-state index contributed by atoms with van der Waals surface area (Å²) in [5.74, 6) is 1.88. The summed E-state index contributed by atoms with van der Waals surface area (Å²) < 4.78 is 0. The molecule has 0 aliphatic heterocycles. The highest BCUT2D eigenvalue weighted by molar-refractivity contribution is 6.17. The Kier molecular flexibility index (Phi) is 8.73. The number of nitrogens with one attached hydrogen (secondary N) is 1. The number of rotatable bonds is 8. The van der Waals surface area contributed by atoms with Gasteiger partial charge in [-0.3, -0.25) is 4.79 Å². The Bertz CT molecular complexity index is 188. The molecule has 0 heterocycles. The van der Waals surface area contributed by atoms with Crippen LogP contribution in [-0.4, -0.2) is 18.3 Å². The molecular formula is C13H26ClNO. The average Bonchev–Trinajstić information content (AvgIpc) is 2.24. The summed E-state index contributed by atoms with van der Waals surface area (Å²) in [6.07, 6.45) is 3.28. The predicted octanol–water partition coefficient (Wildman–Crippen LogP) is 3.44. The van der Waals surface area contributed by atoms with E-state index in [1.807, 2.05) is 6.92 Å². The number of carbonyl (C=O) groups is 1. The van der Waals surface area contributed by atoms with E-state index in [9.17, 15) is 4.79 Å². The van der Waals surface area contributed by atoms with Gasteiger partial charge in [0.25, 0.3) is 0 Å². The van der Waals surface area contributed by atoms with E-state index in [2.05, 4.69) is 26.1 Å². The maximum atomic E-state index is 11.8. The van der Waals surface area contributed by atoms with E-state index in [0.29, 0.717) is 17.7 Å². The van der Waals surface area contributed by atoms with Gasteiger partial charge >= 0.3 is 0 Å². The highest BCUT2D eigenvalue weighted by Crippen LogP contribution is 2.13. The van der Waals surface area contributed by atoms with Crippen LogP contribution in [0.1, 0.15) is 47.0 Å². The van der Waals surface area contributed by atoms with Gasteiger partial charge in [0.1, 0.15) is 0 Å². The lowest BCUT2D eigenvalue weighted by atomic mass is 9.96. The predicted molar refractivity (Wildman–Crippen MR) is 70.7 cm³/mol. The molecule has 1 amide bonds. The average molecular weight is 248 g/mol. The summed E-state index contributed by atoms with van der Waals surface area (Å²) in [7, 11) is 0. The molecule has 0 fully saturated rings. The third kappa shape index (κ3) is 6.37. The maximum Gasteiger partial charge on any atom is 0.223 e. The topological polar surface area (TPSA) is 29.1 Å². The number of alkyl halides is 1. The fourth-order valence-electron chi connectivity index (χ4n) is 1.62. The minimum absolute atomic E-state index is 0.0956. The molecule has 2 nitrogen and oxygen atoms in total. The molecule has 0 saturated heterocycles. The zero-order valence-electron chi connectivity index (χ0n) is 11.1. The number of hydrogen-bond acceptors (Lipinski definition) is 1. The SMILES string of the molecule is CCCC(CCCl)CNC(=O)C(C)C(C)C. The third-order valence-corrected chi connectivity index (χ3v) is 3.41. The van der Waals surface area contributed by atoms with Gasteiger partial charge in [0.15, 0.2) is 0 Å². The second-order valence-corrected chi connectivity index (χ2v) is 5.29. The lowest BCUT2D eigenvalue weighted by Gasteiger charge is -2.19. The first-order valence-electron chi connectivity index (χ1n) is 6.36. The van der Waals surface area contributed by atoms with Crippen molar-refractivity contribution in [3.63, 3.8) is 0 Å². The molecule has 0 aliphatic rings. The normalized spacial score (nSPS) is 14.9. The first-order chi connectivity index (χ1) is 7.52. The van der Waals surface area contributed by atoms with Crippen LogP contribution in [0, 0.1) is 17.8 Å². The molecule has 16 heavy (non-hydrogen) atoms. The summed E-state index contributed by atoms with van der Waals surface area (Å²) >= 11 is 5.75. The lowest BCUT2D eigenvalue weighted by Crippen LogP contribution is -2.35. The molecule has 0 spiro atoms. The highest BCUT2D eigenvalue weighted by Gasteiger charge is 2.17. The van der Waals surface area contributed by atoms with Crippen LogP contribution in [-0.2, 0) is 4.79 Å². The van der Waals surface area contributed by atoms with Crippen LogP contribution >= 0.6 is 11.6 Å². The van der Waals surface area contributed by atoms with E-state index < -0.39 is 0 Å². The van der Waals surface area contributed by atoms with Gasteiger partial charge in [-0.2, -0.15) is 0 Å². The minimum atomic E-state index is 0.0956. The van der Waals surface area contributed by atoms with Crippen LogP contribution in [0.25, 0.3) is 0 Å². The fourth-order valence-corrected chi connectivity index (χ4v) is 1.93. The largest absolute Gasteiger partial charge is 0.356 e. The Morgan fingerprint density at radius 1 is 1.25 bits per heavy atom. The van der Waals surface area contributed by atoms with Crippen molar-refractivity contribution in [2.45, 2.75) is 47.0 Å². The summed E-state index contributed by atoms with van der Waals surface area (Å²) in [4.78, 5) is 11.8. The second kappa shape index (κ2) is 8.86. The van der Waals surface area contributed by atoms with Crippen molar-refractivity contribution in [3.8, 4) is 0 Å². The Balaban J connectivity index is 3.94. The quantitative estimate of drug-likeness (QED) is 0.654. The summed E-state index contributed by atoms with van der Waals surface area (Å²) in [6, 6.07) is 0. The number of amides is 1. The van der Waals surface area contributed by atoms with Crippen molar-refractivity contribution in [1.29, 1.82) is 0 Å². The Hall–Kier alpha value is -0.240. The molecule has 0 aromatic rings. The van der Waals surface area contributed by atoms with Crippen LogP contribution in [0.15, 0.2) is 0 Å². The first-order valence-corrected chi connectivity index (χ1v) is 6.90. The maximum absolute atomic E-state index is 11.8. The zero-order valence-corrected chi connectivity index (χ0v) is 11.8. The lowest BCUT2D eigenvalue weighted by molar-refractivity contribution is -0.125. The Morgan fingerprint density at radius 2 is 1.88 bits per heavy atom. The van der Waals surface area contributed by atoms with Crippen LogP contribution in [0.3, 0.4) is 0 Å². The van der Waals surface area contributed by atoms with E-state index in [1.165, 1.54) is 0 Å². The van der Waals surface area contributed by atoms with Gasteiger partial charge in [-0.1, -0.05) is 34.1 Å². The van der Waals surface area contributed by atoms with Crippen LogP contribution in [0.2, 0.25) is 0 Å². The molecule has 0 bridgehead atoms. The summed E-state index contributed by atoms with van der Waals surface area (Å²) in [5.41, 5.74) is 0. The van der Waals surface area contributed by atoms with E-state index >= 15 is 0 Å². The molecule has 96 valence electrons. The van der Waals surface area contributed by atoms with Crippen molar-refractivity contribution in [2.75, 3.05) is 12.4 Å². The van der Waals surface area contributed by atoms with Gasteiger partial charge in [0.05, 0.1) is 0 Å². The Labute approximate surface area is 105 Å². The minimum Gasteiger partial charge on any atom is -0.356 e. The van der Waals surface area contributed by atoms with Gasteiger partial charge < -0.3 is 5.32 Å². The highest BCUT2D eigenvalue weighted by atomic mass is 35.5. The van der Waals surface area contributed by atoms with Gasteiger partial charge in [-0.05, 0) is 24.7 Å². The molecule has 3 heteroatoms. The molecule has 0 aliphatic carbocycles. The molecule has 0 radical (unpaired) electrons. The smallest absolute Gasteiger partial charge is 0.223 e. The number of hydrogen-bond donors (Lipinski definition) is 1. The number of carbonyl (C=O) groups excluding carboxylic acids is 1. The van der Waals surface area contributed by atoms with Crippen LogP contribution < -0.4 is 5.32 Å². The fraction of sp³-hybridized carbons (Fsp3) is 0.923. The molecule has 2 atom stereocenters. The van der Waals surface area contributed by atoms with Crippen LogP contribution in [0.5, 0.6) is 0 Å². The van der Waals surface area contributed by atoms with E-state index in [1.54, 1.807) is 0 Å². The van der Waals surface area contributed by atoms with Crippen LogP contribution in [0.4, 0.5) is 0 Å². The van der Waals surface area contributed by atoms with Gasteiger partial charge in [-0.15, -0.1) is 11.6 Å². The molecule has 0 saturated carbocycles. The standard InChI is InChI=1S/C13H26ClNO/c1-5-6-12(7-8-14)9-15-13(16)11(4)10(2)3/h10-12H,5-9H2,1-4H3,(H,15,16). The molecule has 0 rings (SSSR count). The van der Waals surface area contributed by atoms with Crippen molar-refractivity contribution in [3.05, 3.63) is 0 Å². The third-order valence-electron chi connectivity index (χ3n) is 3.19. The van der Waals surface area contributed by atoms with Gasteiger partial charge in [0.2, 0.25) is 5.91 Å². The van der Waals surface area contributed by atoms with Crippen molar-refractivity contribution >= 4 is 17.5 Å². The van der Waals surface area contributed by atoms with Crippen molar-refractivity contribution < 1.29 is 4.79 Å². The number of halogens is 1.